The molecule has 0 spiro atoms. The molecule has 0 saturated heterocycles. The van der Waals surface area contributed by atoms with Gasteiger partial charge in [-0.15, -0.1) is 0 Å². The predicted molar refractivity (Wildman–Crippen MR) is 62.4 cm³/mol. The lowest BCUT2D eigenvalue weighted by molar-refractivity contribution is 0.103. The van der Waals surface area contributed by atoms with Crippen molar-refractivity contribution in [2.45, 2.75) is 70.9 Å². The average molecular weight is 201 g/mol. The van der Waals surface area contributed by atoms with Crippen LogP contribution in [-0.2, 0) is 4.74 Å². The van der Waals surface area contributed by atoms with Crippen molar-refractivity contribution in [2.24, 2.45) is 5.73 Å². The van der Waals surface area contributed by atoms with Crippen molar-refractivity contribution < 1.29 is 4.74 Å². The summed E-state index contributed by atoms with van der Waals surface area (Å²) in [7, 11) is 1.75. The van der Waals surface area contributed by atoms with E-state index in [1.165, 1.54) is 32.1 Å². The summed E-state index contributed by atoms with van der Waals surface area (Å²) in [6.07, 6.45) is 9.10. The van der Waals surface area contributed by atoms with E-state index in [-0.39, 0.29) is 0 Å². The Balaban J connectivity index is 3.22. The van der Waals surface area contributed by atoms with E-state index < -0.39 is 0 Å². The van der Waals surface area contributed by atoms with Gasteiger partial charge in [0.2, 0.25) is 0 Å². The molecule has 86 valence electrons. The molecule has 0 aromatic heterocycles. The highest BCUT2D eigenvalue weighted by Gasteiger charge is 2.07. The van der Waals surface area contributed by atoms with E-state index in [1.807, 2.05) is 0 Å². The molecule has 0 bridgehead atoms. The highest BCUT2D eigenvalue weighted by atomic mass is 16.5. The zero-order chi connectivity index (χ0) is 10.8. The maximum absolute atomic E-state index is 5.98. The fraction of sp³-hybridized carbons (Fsp3) is 1.00. The molecule has 0 aliphatic carbocycles. The van der Waals surface area contributed by atoms with Crippen LogP contribution in [0.15, 0.2) is 0 Å². The van der Waals surface area contributed by atoms with Crippen molar-refractivity contribution in [1.82, 2.24) is 0 Å². The topological polar surface area (TPSA) is 35.2 Å². The monoisotopic (exact) mass is 201 g/mol. The van der Waals surface area contributed by atoms with Crippen molar-refractivity contribution in [2.75, 3.05) is 7.11 Å². The first-order valence-electron chi connectivity index (χ1n) is 5.99. The molecule has 2 unspecified atom stereocenters. The largest absolute Gasteiger partial charge is 0.382 e. The van der Waals surface area contributed by atoms with Gasteiger partial charge in [-0.2, -0.15) is 0 Å². The van der Waals surface area contributed by atoms with Crippen molar-refractivity contribution in [3.63, 3.8) is 0 Å². The second-order valence-corrected chi connectivity index (χ2v) is 4.24. The van der Waals surface area contributed by atoms with Gasteiger partial charge in [0, 0.05) is 13.2 Å². The van der Waals surface area contributed by atoms with Crippen molar-refractivity contribution in [1.29, 1.82) is 0 Å². The number of unbranched alkanes of at least 4 members (excludes halogenated alkanes) is 4. The lowest BCUT2D eigenvalue weighted by Gasteiger charge is -2.15. The number of hydrogen-bond acceptors (Lipinski definition) is 2. The summed E-state index contributed by atoms with van der Waals surface area (Å²) in [5.74, 6) is 0. The molecule has 0 radical (unpaired) electrons. The first-order valence-corrected chi connectivity index (χ1v) is 5.99. The van der Waals surface area contributed by atoms with E-state index in [9.17, 15) is 0 Å². The van der Waals surface area contributed by atoms with Gasteiger partial charge in [-0.05, 0) is 19.8 Å². The SMILES string of the molecule is CCCCCCCC(N)CC(C)OC. The van der Waals surface area contributed by atoms with Gasteiger partial charge in [0.15, 0.2) is 0 Å². The van der Waals surface area contributed by atoms with E-state index in [2.05, 4.69) is 13.8 Å². The summed E-state index contributed by atoms with van der Waals surface area (Å²) in [5.41, 5.74) is 5.98. The van der Waals surface area contributed by atoms with Crippen LogP contribution in [0.2, 0.25) is 0 Å². The van der Waals surface area contributed by atoms with Gasteiger partial charge >= 0.3 is 0 Å². The van der Waals surface area contributed by atoms with Gasteiger partial charge < -0.3 is 10.5 Å². The van der Waals surface area contributed by atoms with Crippen LogP contribution in [0.5, 0.6) is 0 Å². The quantitative estimate of drug-likeness (QED) is 0.582. The molecule has 0 fully saturated rings. The molecular weight excluding hydrogens is 174 g/mol. The van der Waals surface area contributed by atoms with Crippen LogP contribution >= 0.6 is 0 Å². The molecule has 0 saturated carbocycles. The molecule has 14 heavy (non-hydrogen) atoms. The van der Waals surface area contributed by atoms with E-state index in [0.29, 0.717) is 12.1 Å². The summed E-state index contributed by atoms with van der Waals surface area (Å²) in [5, 5.41) is 0. The van der Waals surface area contributed by atoms with E-state index in [1.54, 1.807) is 7.11 Å². The van der Waals surface area contributed by atoms with Gasteiger partial charge in [-0.3, -0.25) is 0 Å². The number of methoxy groups -OCH3 is 1. The molecule has 2 heteroatoms. The Bertz CT molecular complexity index is 117. The normalized spacial score (nSPS) is 15.4. The first kappa shape index (κ1) is 13.9. The summed E-state index contributed by atoms with van der Waals surface area (Å²) >= 11 is 0. The Kier molecular flexibility index (Phi) is 9.42. The lowest BCUT2D eigenvalue weighted by Crippen LogP contribution is -2.25. The van der Waals surface area contributed by atoms with Crippen molar-refractivity contribution in [3.05, 3.63) is 0 Å². The standard InChI is InChI=1S/C12H27NO/c1-4-5-6-7-8-9-12(13)10-11(2)14-3/h11-12H,4-10,13H2,1-3H3. The van der Waals surface area contributed by atoms with Crippen LogP contribution in [0.1, 0.15) is 58.8 Å². The Morgan fingerprint density at radius 3 is 2.36 bits per heavy atom. The van der Waals surface area contributed by atoms with Crippen LogP contribution < -0.4 is 5.73 Å². The zero-order valence-electron chi connectivity index (χ0n) is 10.1. The van der Waals surface area contributed by atoms with Gasteiger partial charge in [0.05, 0.1) is 6.10 Å². The van der Waals surface area contributed by atoms with Crippen LogP contribution in [0.4, 0.5) is 0 Å². The summed E-state index contributed by atoms with van der Waals surface area (Å²) < 4.78 is 5.19. The third-order valence-electron chi connectivity index (χ3n) is 2.72. The molecule has 0 aliphatic heterocycles. The molecule has 0 aliphatic rings. The van der Waals surface area contributed by atoms with Crippen LogP contribution in [-0.4, -0.2) is 19.3 Å². The number of rotatable bonds is 9. The molecule has 2 N–H and O–H groups in total. The zero-order valence-corrected chi connectivity index (χ0v) is 10.1. The fourth-order valence-electron chi connectivity index (χ4n) is 1.65. The highest BCUT2D eigenvalue weighted by Crippen LogP contribution is 2.09. The Morgan fingerprint density at radius 1 is 1.14 bits per heavy atom. The van der Waals surface area contributed by atoms with Crippen LogP contribution in [0.3, 0.4) is 0 Å². The van der Waals surface area contributed by atoms with Crippen molar-refractivity contribution >= 4 is 0 Å². The molecule has 2 nitrogen and oxygen atoms in total. The minimum Gasteiger partial charge on any atom is -0.382 e. The minimum absolute atomic E-state index is 0.306. The van der Waals surface area contributed by atoms with Gasteiger partial charge in [0.1, 0.15) is 0 Å². The number of nitrogens with two attached hydrogens (primary N) is 1. The lowest BCUT2D eigenvalue weighted by atomic mass is 10.0. The Morgan fingerprint density at radius 2 is 1.79 bits per heavy atom. The van der Waals surface area contributed by atoms with E-state index >= 15 is 0 Å². The van der Waals surface area contributed by atoms with Gasteiger partial charge in [0.25, 0.3) is 0 Å². The molecule has 2 atom stereocenters. The molecule has 0 aromatic carbocycles. The van der Waals surface area contributed by atoms with Crippen LogP contribution in [0.25, 0.3) is 0 Å². The number of ether oxygens (including phenoxy) is 1. The van der Waals surface area contributed by atoms with E-state index in [0.717, 1.165) is 12.8 Å². The second-order valence-electron chi connectivity index (χ2n) is 4.24. The van der Waals surface area contributed by atoms with Crippen molar-refractivity contribution in [3.8, 4) is 0 Å². The van der Waals surface area contributed by atoms with Gasteiger partial charge in [-0.25, -0.2) is 0 Å². The molecule has 0 aromatic rings. The summed E-state index contributed by atoms with van der Waals surface area (Å²) in [4.78, 5) is 0. The second kappa shape index (κ2) is 9.47. The molecular formula is C12H27NO. The maximum Gasteiger partial charge on any atom is 0.0558 e. The van der Waals surface area contributed by atoms with Gasteiger partial charge in [-0.1, -0.05) is 39.0 Å². The maximum atomic E-state index is 5.98. The Labute approximate surface area is 89.2 Å². The number of hydrogen-bond donors (Lipinski definition) is 1. The summed E-state index contributed by atoms with van der Waals surface area (Å²) in [6, 6.07) is 0.326. The average Bonchev–Trinajstić information content (AvgIpc) is 2.17. The fourth-order valence-corrected chi connectivity index (χ4v) is 1.65. The van der Waals surface area contributed by atoms with E-state index in [4.69, 9.17) is 10.5 Å². The summed E-state index contributed by atoms with van der Waals surface area (Å²) in [6.45, 7) is 4.32. The third-order valence-corrected chi connectivity index (χ3v) is 2.72. The molecule has 0 heterocycles. The third kappa shape index (κ3) is 8.52. The first-order chi connectivity index (χ1) is 6.70. The molecule has 0 amide bonds. The van der Waals surface area contributed by atoms with Crippen LogP contribution in [0, 0.1) is 0 Å². The predicted octanol–water partition coefficient (Wildman–Crippen LogP) is 3.10. The Hall–Kier alpha value is -0.0800. The molecule has 0 rings (SSSR count). The smallest absolute Gasteiger partial charge is 0.0558 e. The minimum atomic E-state index is 0.306. The highest BCUT2D eigenvalue weighted by molar-refractivity contribution is 4.65.